The first-order valence-electron chi connectivity index (χ1n) is 6.39. The lowest BCUT2D eigenvalue weighted by molar-refractivity contribution is 0.452. The maximum absolute atomic E-state index is 13.1. The van der Waals surface area contributed by atoms with Crippen LogP contribution in [0.3, 0.4) is 0 Å². The molecule has 3 N–H and O–H groups in total. The van der Waals surface area contributed by atoms with Crippen molar-refractivity contribution in [3.63, 3.8) is 0 Å². The summed E-state index contributed by atoms with van der Waals surface area (Å²) in [6.45, 7) is 1.76. The second-order valence-corrected chi connectivity index (χ2v) is 7.39. The maximum atomic E-state index is 13.1. The SMILES string of the molecule is Cc1cc(F)ccc1C(NN)C1CCCCS1(=O)=O. The van der Waals surface area contributed by atoms with E-state index in [0.717, 1.165) is 12.0 Å². The lowest BCUT2D eigenvalue weighted by Crippen LogP contribution is -2.43. The molecule has 0 radical (unpaired) electrons. The summed E-state index contributed by atoms with van der Waals surface area (Å²) in [5.41, 5.74) is 4.06. The van der Waals surface area contributed by atoms with Gasteiger partial charge in [-0.15, -0.1) is 0 Å². The number of nitrogens with one attached hydrogen (secondary N) is 1. The minimum Gasteiger partial charge on any atom is -0.271 e. The lowest BCUT2D eigenvalue weighted by Gasteiger charge is -2.30. The largest absolute Gasteiger partial charge is 0.271 e. The Morgan fingerprint density at radius 3 is 2.74 bits per heavy atom. The summed E-state index contributed by atoms with van der Waals surface area (Å²) in [6, 6.07) is 3.86. The Morgan fingerprint density at radius 2 is 2.16 bits per heavy atom. The molecule has 0 bridgehead atoms. The zero-order valence-corrected chi connectivity index (χ0v) is 11.7. The van der Waals surface area contributed by atoms with Crippen LogP contribution in [0.5, 0.6) is 0 Å². The predicted octanol–water partition coefficient (Wildman–Crippen LogP) is 1.61. The first-order valence-corrected chi connectivity index (χ1v) is 8.11. The molecule has 2 atom stereocenters. The van der Waals surface area contributed by atoms with Crippen molar-refractivity contribution in [3.05, 3.63) is 35.1 Å². The maximum Gasteiger partial charge on any atom is 0.155 e. The molecule has 4 nitrogen and oxygen atoms in total. The average Bonchev–Trinajstić information content (AvgIpc) is 2.34. The van der Waals surface area contributed by atoms with Crippen LogP contribution in [-0.2, 0) is 9.84 Å². The van der Waals surface area contributed by atoms with Crippen LogP contribution in [0.15, 0.2) is 18.2 Å². The third kappa shape index (κ3) is 2.96. The minimum atomic E-state index is -3.15. The summed E-state index contributed by atoms with van der Waals surface area (Å²) in [5.74, 6) is 5.43. The fraction of sp³-hybridized carbons (Fsp3) is 0.538. The molecule has 0 saturated carbocycles. The summed E-state index contributed by atoms with van der Waals surface area (Å²) >= 11 is 0. The third-order valence-electron chi connectivity index (χ3n) is 3.75. The van der Waals surface area contributed by atoms with E-state index in [1.807, 2.05) is 0 Å². The Kier molecular flexibility index (Phi) is 4.23. The summed E-state index contributed by atoms with van der Waals surface area (Å²) < 4.78 is 37.5. The van der Waals surface area contributed by atoms with Crippen LogP contribution in [0.2, 0.25) is 0 Å². The number of benzene rings is 1. The number of halogens is 1. The van der Waals surface area contributed by atoms with Gasteiger partial charge in [0.2, 0.25) is 0 Å². The summed E-state index contributed by atoms with van der Waals surface area (Å²) in [6.07, 6.45) is 2.18. The lowest BCUT2D eigenvalue weighted by atomic mass is 9.96. The fourth-order valence-electron chi connectivity index (χ4n) is 2.74. The van der Waals surface area contributed by atoms with Crippen LogP contribution in [0.1, 0.15) is 36.4 Å². The molecule has 19 heavy (non-hydrogen) atoms. The average molecular weight is 286 g/mol. The van der Waals surface area contributed by atoms with Crippen LogP contribution in [0, 0.1) is 12.7 Å². The van der Waals surface area contributed by atoms with Crippen molar-refractivity contribution in [1.29, 1.82) is 0 Å². The Morgan fingerprint density at radius 1 is 1.42 bits per heavy atom. The Balaban J connectivity index is 2.39. The summed E-state index contributed by atoms with van der Waals surface area (Å²) in [5, 5.41) is -0.532. The highest BCUT2D eigenvalue weighted by Gasteiger charge is 2.36. The molecule has 6 heteroatoms. The van der Waals surface area contributed by atoms with Gasteiger partial charge >= 0.3 is 0 Å². The van der Waals surface area contributed by atoms with Crippen molar-refractivity contribution in [2.75, 3.05) is 5.75 Å². The van der Waals surface area contributed by atoms with Gasteiger partial charge in [0.25, 0.3) is 0 Å². The molecular weight excluding hydrogens is 267 g/mol. The van der Waals surface area contributed by atoms with Gasteiger partial charge in [0, 0.05) is 0 Å². The molecule has 106 valence electrons. The molecule has 1 saturated heterocycles. The number of aryl methyl sites for hydroxylation is 1. The van der Waals surface area contributed by atoms with Gasteiger partial charge in [0.15, 0.2) is 9.84 Å². The van der Waals surface area contributed by atoms with Crippen LogP contribution in [0.25, 0.3) is 0 Å². The number of nitrogens with two attached hydrogens (primary N) is 1. The quantitative estimate of drug-likeness (QED) is 0.654. The number of hydrazine groups is 1. The fourth-order valence-corrected chi connectivity index (χ4v) is 4.81. The number of hydrogen-bond acceptors (Lipinski definition) is 4. The molecule has 1 aromatic rings. The molecule has 1 heterocycles. The van der Waals surface area contributed by atoms with Gasteiger partial charge < -0.3 is 0 Å². The highest BCUT2D eigenvalue weighted by atomic mass is 32.2. The molecular formula is C13H19FN2O2S. The number of hydrogen-bond donors (Lipinski definition) is 2. The van der Waals surface area contributed by atoms with E-state index in [1.165, 1.54) is 12.1 Å². The molecule has 0 aliphatic carbocycles. The van der Waals surface area contributed by atoms with Gasteiger partial charge in [0.1, 0.15) is 5.82 Å². The highest BCUT2D eigenvalue weighted by molar-refractivity contribution is 7.92. The Bertz CT molecular complexity index is 560. The van der Waals surface area contributed by atoms with E-state index in [-0.39, 0.29) is 11.6 Å². The number of rotatable bonds is 3. The molecule has 2 unspecified atom stereocenters. The van der Waals surface area contributed by atoms with Gasteiger partial charge in [0.05, 0.1) is 17.0 Å². The highest BCUT2D eigenvalue weighted by Crippen LogP contribution is 2.31. The van der Waals surface area contributed by atoms with Gasteiger partial charge in [-0.1, -0.05) is 12.5 Å². The molecule has 1 fully saturated rings. The zero-order chi connectivity index (χ0) is 14.0. The van der Waals surface area contributed by atoms with Crippen molar-refractivity contribution in [2.45, 2.75) is 37.5 Å². The van der Waals surface area contributed by atoms with Crippen LogP contribution in [-0.4, -0.2) is 19.4 Å². The second kappa shape index (κ2) is 5.56. The smallest absolute Gasteiger partial charge is 0.155 e. The molecule has 1 aliphatic rings. The molecule has 0 aromatic heterocycles. The normalized spacial score (nSPS) is 24.1. The second-order valence-electron chi connectivity index (χ2n) is 5.05. The molecule has 1 aromatic carbocycles. The first-order chi connectivity index (χ1) is 8.95. The Labute approximate surface area is 113 Å². The van der Waals surface area contributed by atoms with Crippen LogP contribution < -0.4 is 11.3 Å². The monoisotopic (exact) mass is 286 g/mol. The van der Waals surface area contributed by atoms with Gasteiger partial charge in [-0.3, -0.25) is 11.3 Å². The van der Waals surface area contributed by atoms with E-state index in [0.29, 0.717) is 18.4 Å². The van der Waals surface area contributed by atoms with Crippen molar-refractivity contribution in [3.8, 4) is 0 Å². The van der Waals surface area contributed by atoms with Crippen LogP contribution in [0.4, 0.5) is 4.39 Å². The van der Waals surface area contributed by atoms with E-state index in [9.17, 15) is 12.8 Å². The Hall–Kier alpha value is -0.980. The minimum absolute atomic E-state index is 0.204. The topological polar surface area (TPSA) is 72.2 Å². The molecule has 2 rings (SSSR count). The third-order valence-corrected chi connectivity index (χ3v) is 6.04. The van der Waals surface area contributed by atoms with Crippen molar-refractivity contribution in [1.82, 2.24) is 5.43 Å². The van der Waals surface area contributed by atoms with E-state index < -0.39 is 21.1 Å². The van der Waals surface area contributed by atoms with Gasteiger partial charge in [-0.2, -0.15) is 0 Å². The summed E-state index contributed by atoms with van der Waals surface area (Å²) in [7, 11) is -3.15. The predicted molar refractivity (Wildman–Crippen MR) is 72.6 cm³/mol. The van der Waals surface area contributed by atoms with Crippen molar-refractivity contribution in [2.24, 2.45) is 5.84 Å². The van der Waals surface area contributed by atoms with Crippen LogP contribution >= 0.6 is 0 Å². The van der Waals surface area contributed by atoms with Gasteiger partial charge in [-0.25, -0.2) is 12.8 Å². The first kappa shape index (κ1) is 14.4. The molecule has 0 spiro atoms. The van der Waals surface area contributed by atoms with Crippen molar-refractivity contribution >= 4 is 9.84 Å². The molecule has 0 amide bonds. The standard InChI is InChI=1S/C13H19FN2O2S/c1-9-8-10(14)5-6-11(9)13(16-15)12-4-2-3-7-19(12,17)18/h5-6,8,12-13,16H,2-4,7,15H2,1H3. The van der Waals surface area contributed by atoms with Crippen molar-refractivity contribution < 1.29 is 12.8 Å². The summed E-state index contributed by atoms with van der Waals surface area (Å²) in [4.78, 5) is 0. The van der Waals surface area contributed by atoms with E-state index in [4.69, 9.17) is 5.84 Å². The van der Waals surface area contributed by atoms with E-state index in [1.54, 1.807) is 13.0 Å². The zero-order valence-electron chi connectivity index (χ0n) is 10.9. The molecule has 1 aliphatic heterocycles. The van der Waals surface area contributed by atoms with E-state index >= 15 is 0 Å². The van der Waals surface area contributed by atoms with E-state index in [2.05, 4.69) is 5.43 Å². The number of sulfone groups is 1. The van der Waals surface area contributed by atoms with Gasteiger partial charge in [-0.05, 0) is 43.0 Å².